The second-order valence-corrected chi connectivity index (χ2v) is 6.98. The maximum Gasteiger partial charge on any atom is 0.262 e. The van der Waals surface area contributed by atoms with Crippen molar-refractivity contribution in [3.8, 4) is 11.5 Å². The van der Waals surface area contributed by atoms with Crippen LogP contribution in [0.2, 0.25) is 0 Å². The summed E-state index contributed by atoms with van der Waals surface area (Å²) in [7, 11) is 3.35. The first-order chi connectivity index (χ1) is 13.7. The summed E-state index contributed by atoms with van der Waals surface area (Å²) in [6.45, 7) is 6.38. The molecule has 2 aromatic rings. The summed E-state index contributed by atoms with van der Waals surface area (Å²) in [4.78, 5) is 13.5. The van der Waals surface area contributed by atoms with Crippen molar-refractivity contribution in [1.82, 2.24) is 10.2 Å². The number of benzene rings is 2. The Hall–Kier alpha value is -2.67. The van der Waals surface area contributed by atoms with E-state index in [4.69, 9.17) is 9.47 Å². The van der Waals surface area contributed by atoms with Gasteiger partial charge in [0.2, 0.25) is 0 Å². The van der Waals surface area contributed by atoms with Gasteiger partial charge in [-0.25, -0.2) is 8.78 Å². The average Bonchev–Trinajstić information content (AvgIpc) is 2.69. The van der Waals surface area contributed by atoms with Gasteiger partial charge in [0.15, 0.2) is 29.2 Å². The maximum atomic E-state index is 13.4. The molecular weight excluding hydrogens is 378 g/mol. The number of ether oxygens (including phenoxy) is 2. The van der Waals surface area contributed by atoms with Crippen LogP contribution in [0.15, 0.2) is 36.4 Å². The van der Waals surface area contributed by atoms with Crippen LogP contribution < -0.4 is 14.8 Å². The first kappa shape index (κ1) is 22.6. The third kappa shape index (κ3) is 6.15. The summed E-state index contributed by atoms with van der Waals surface area (Å²) in [6, 6.07) is 9.18. The fourth-order valence-electron chi connectivity index (χ4n) is 2.80. The minimum atomic E-state index is -0.863. The van der Waals surface area contributed by atoms with Crippen molar-refractivity contribution in [3.05, 3.63) is 59.2 Å². The number of amides is 1. The minimum Gasteiger partial charge on any atom is -0.490 e. The molecule has 0 aliphatic rings. The number of likely N-dealkylation sites (N-methyl/N-ethyl adjacent to an activating group) is 1. The van der Waals surface area contributed by atoms with Crippen LogP contribution in [0.4, 0.5) is 8.78 Å². The second kappa shape index (κ2) is 10.2. The average molecular weight is 406 g/mol. The number of halogens is 2. The summed E-state index contributed by atoms with van der Waals surface area (Å²) in [5.41, 5.74) is 1.59. The van der Waals surface area contributed by atoms with E-state index in [1.807, 2.05) is 26.0 Å². The van der Waals surface area contributed by atoms with E-state index in [0.29, 0.717) is 30.2 Å². The van der Waals surface area contributed by atoms with Crippen LogP contribution in [-0.2, 0) is 11.3 Å². The molecule has 7 heteroatoms. The van der Waals surface area contributed by atoms with Crippen LogP contribution >= 0.6 is 0 Å². The van der Waals surface area contributed by atoms with Crippen molar-refractivity contribution in [3.63, 3.8) is 0 Å². The van der Waals surface area contributed by atoms with E-state index < -0.39 is 17.7 Å². The third-order valence-corrected chi connectivity index (χ3v) is 4.46. The van der Waals surface area contributed by atoms with Gasteiger partial charge in [-0.1, -0.05) is 12.1 Å². The smallest absolute Gasteiger partial charge is 0.262 e. The van der Waals surface area contributed by atoms with Gasteiger partial charge < -0.3 is 19.7 Å². The molecule has 2 rings (SSSR count). The zero-order chi connectivity index (χ0) is 21.6. The van der Waals surface area contributed by atoms with E-state index in [1.165, 1.54) is 11.0 Å². The molecule has 0 aliphatic carbocycles. The van der Waals surface area contributed by atoms with Crippen molar-refractivity contribution in [2.75, 3.05) is 20.7 Å². The lowest BCUT2D eigenvalue weighted by molar-refractivity contribution is -0.135. The molecule has 2 aromatic carbocycles. The number of nitrogens with zero attached hydrogens (tertiary/aromatic N) is 1. The molecule has 2 atom stereocenters. The highest BCUT2D eigenvalue weighted by molar-refractivity contribution is 5.80. The zero-order valence-electron chi connectivity index (χ0n) is 17.5. The van der Waals surface area contributed by atoms with Gasteiger partial charge in [0, 0.05) is 26.7 Å². The Morgan fingerprint density at radius 1 is 1.07 bits per heavy atom. The van der Waals surface area contributed by atoms with Crippen LogP contribution in [0.1, 0.15) is 37.9 Å². The molecule has 0 heterocycles. The molecule has 0 aliphatic heterocycles. The molecule has 0 saturated carbocycles. The molecule has 0 bridgehead atoms. The van der Waals surface area contributed by atoms with E-state index >= 15 is 0 Å². The molecular formula is C22H28F2N2O3. The predicted molar refractivity (Wildman–Crippen MR) is 108 cm³/mol. The van der Waals surface area contributed by atoms with Crippen molar-refractivity contribution in [1.29, 1.82) is 0 Å². The number of carbonyl (C=O) groups excluding carboxylic acids is 1. The summed E-state index contributed by atoms with van der Waals surface area (Å²) in [6.07, 6.45) is -0.637. The van der Waals surface area contributed by atoms with Gasteiger partial charge in [0.05, 0.1) is 6.61 Å². The third-order valence-electron chi connectivity index (χ3n) is 4.46. The van der Waals surface area contributed by atoms with E-state index in [0.717, 1.165) is 11.6 Å². The van der Waals surface area contributed by atoms with Gasteiger partial charge in [-0.05, 0) is 56.2 Å². The molecule has 0 spiro atoms. The van der Waals surface area contributed by atoms with Crippen LogP contribution in [0.25, 0.3) is 0 Å². The first-order valence-electron chi connectivity index (χ1n) is 9.54. The van der Waals surface area contributed by atoms with E-state index in [-0.39, 0.29) is 11.9 Å². The quantitative estimate of drug-likeness (QED) is 0.682. The first-order valence-corrected chi connectivity index (χ1v) is 9.54. The number of hydrogen-bond acceptors (Lipinski definition) is 4. The maximum absolute atomic E-state index is 13.4. The standard InChI is InChI=1S/C22H28F2N2O3/c1-6-28-21-11-16(7-10-20(21)29-15(3)22(27)26(4)5)13-25-14(2)17-8-9-18(23)19(24)12-17/h7-12,14-15,25H,6,13H2,1-5H3/t14-,15-/m0/s1. The molecule has 158 valence electrons. The largest absolute Gasteiger partial charge is 0.490 e. The number of hydrogen-bond donors (Lipinski definition) is 1. The summed E-state index contributed by atoms with van der Waals surface area (Å²) in [5, 5.41) is 3.28. The molecule has 1 amide bonds. The molecule has 0 aromatic heterocycles. The lowest BCUT2D eigenvalue weighted by atomic mass is 10.1. The molecule has 0 saturated heterocycles. The summed E-state index contributed by atoms with van der Waals surface area (Å²) >= 11 is 0. The Balaban J connectivity index is 2.08. The zero-order valence-corrected chi connectivity index (χ0v) is 17.5. The topological polar surface area (TPSA) is 50.8 Å². The van der Waals surface area contributed by atoms with Crippen LogP contribution in [0.3, 0.4) is 0 Å². The molecule has 0 unspecified atom stereocenters. The van der Waals surface area contributed by atoms with Crippen molar-refractivity contribution >= 4 is 5.91 Å². The Morgan fingerprint density at radius 3 is 2.41 bits per heavy atom. The van der Waals surface area contributed by atoms with Crippen molar-refractivity contribution in [2.24, 2.45) is 0 Å². The van der Waals surface area contributed by atoms with Crippen molar-refractivity contribution < 1.29 is 23.0 Å². The van der Waals surface area contributed by atoms with Gasteiger partial charge in [-0.2, -0.15) is 0 Å². The van der Waals surface area contributed by atoms with E-state index in [2.05, 4.69) is 5.32 Å². The second-order valence-electron chi connectivity index (χ2n) is 6.98. The Labute approximate surface area is 170 Å². The van der Waals surface area contributed by atoms with Gasteiger partial charge in [-0.3, -0.25) is 4.79 Å². The van der Waals surface area contributed by atoms with Gasteiger partial charge in [0.1, 0.15) is 0 Å². The molecule has 5 nitrogen and oxygen atoms in total. The molecule has 29 heavy (non-hydrogen) atoms. The normalized spacial score (nSPS) is 12.9. The highest BCUT2D eigenvalue weighted by Crippen LogP contribution is 2.30. The van der Waals surface area contributed by atoms with Gasteiger partial charge in [-0.15, -0.1) is 0 Å². The fourth-order valence-corrected chi connectivity index (χ4v) is 2.80. The number of nitrogens with one attached hydrogen (secondary N) is 1. The Bertz CT molecular complexity index is 843. The minimum absolute atomic E-state index is 0.140. The summed E-state index contributed by atoms with van der Waals surface area (Å²) in [5.74, 6) is -0.825. The van der Waals surface area contributed by atoms with Crippen LogP contribution in [-0.4, -0.2) is 37.6 Å². The fraction of sp³-hybridized carbons (Fsp3) is 0.409. The highest BCUT2D eigenvalue weighted by atomic mass is 19.2. The van der Waals surface area contributed by atoms with Crippen molar-refractivity contribution in [2.45, 2.75) is 39.5 Å². The van der Waals surface area contributed by atoms with Crippen LogP contribution in [0.5, 0.6) is 11.5 Å². The monoisotopic (exact) mass is 406 g/mol. The van der Waals surface area contributed by atoms with E-state index in [9.17, 15) is 13.6 Å². The molecule has 1 N–H and O–H groups in total. The lowest BCUT2D eigenvalue weighted by Crippen LogP contribution is -2.35. The Kier molecular flexibility index (Phi) is 7.96. The SMILES string of the molecule is CCOc1cc(CN[C@@H](C)c2ccc(F)c(F)c2)ccc1O[C@@H](C)C(=O)N(C)C. The van der Waals surface area contributed by atoms with Gasteiger partial charge in [0.25, 0.3) is 5.91 Å². The number of rotatable bonds is 9. The van der Waals surface area contributed by atoms with Crippen LogP contribution in [0, 0.1) is 11.6 Å². The lowest BCUT2D eigenvalue weighted by Gasteiger charge is -2.21. The Morgan fingerprint density at radius 2 is 1.79 bits per heavy atom. The highest BCUT2D eigenvalue weighted by Gasteiger charge is 2.19. The van der Waals surface area contributed by atoms with Gasteiger partial charge >= 0.3 is 0 Å². The predicted octanol–water partition coefficient (Wildman–Crippen LogP) is 4.07. The molecule has 0 radical (unpaired) electrons. The summed E-state index contributed by atoms with van der Waals surface area (Å²) < 4.78 is 38.0. The molecule has 0 fully saturated rings. The number of carbonyl (C=O) groups is 1. The van der Waals surface area contributed by atoms with E-state index in [1.54, 1.807) is 33.2 Å².